The molecule has 0 aromatic heterocycles. The van der Waals surface area contributed by atoms with Crippen LogP contribution >= 0.6 is 0 Å². The van der Waals surface area contributed by atoms with E-state index in [9.17, 15) is 9.59 Å². The monoisotopic (exact) mass is 309 g/mol. The smallest absolute Gasteiger partial charge is 0.323 e. The van der Waals surface area contributed by atoms with Crippen LogP contribution in [0.25, 0.3) is 0 Å². The lowest BCUT2D eigenvalue weighted by Crippen LogP contribution is -2.38. The summed E-state index contributed by atoms with van der Waals surface area (Å²) >= 11 is 0. The molecule has 0 bridgehead atoms. The van der Waals surface area contributed by atoms with Gasteiger partial charge in [-0.2, -0.15) is 0 Å². The first-order valence-corrected chi connectivity index (χ1v) is 7.14. The average molecular weight is 309 g/mol. The van der Waals surface area contributed by atoms with E-state index in [0.717, 1.165) is 5.56 Å². The fourth-order valence-electron chi connectivity index (χ4n) is 1.81. The number of amides is 1. The Morgan fingerprint density at radius 2 is 1.86 bits per heavy atom. The minimum Gasteiger partial charge on any atom is -0.480 e. The van der Waals surface area contributed by atoms with Gasteiger partial charge in [0.1, 0.15) is 6.54 Å². The van der Waals surface area contributed by atoms with Crippen molar-refractivity contribution in [3.8, 4) is 0 Å². The fraction of sp³-hybridized carbons (Fsp3) is 0.500. The molecule has 0 aliphatic carbocycles. The van der Waals surface area contributed by atoms with Crippen molar-refractivity contribution in [2.75, 3.05) is 26.8 Å². The van der Waals surface area contributed by atoms with Crippen LogP contribution in [0, 0.1) is 0 Å². The molecule has 0 saturated heterocycles. The SMILES string of the molecule is COCCN(CC(=O)O)C(=O)c1ccc(COC(C)C)cc1. The van der Waals surface area contributed by atoms with Crippen LogP contribution in [0.2, 0.25) is 0 Å². The molecule has 0 saturated carbocycles. The lowest BCUT2D eigenvalue weighted by Gasteiger charge is -2.20. The maximum atomic E-state index is 12.3. The van der Waals surface area contributed by atoms with Crippen LogP contribution in [0.4, 0.5) is 0 Å². The molecule has 0 heterocycles. The highest BCUT2D eigenvalue weighted by molar-refractivity contribution is 5.95. The number of carbonyl (C=O) groups excluding carboxylic acids is 1. The summed E-state index contributed by atoms with van der Waals surface area (Å²) in [5, 5.41) is 8.89. The molecule has 0 aliphatic rings. The maximum absolute atomic E-state index is 12.3. The molecule has 122 valence electrons. The molecule has 0 atom stereocenters. The molecule has 1 aromatic rings. The van der Waals surface area contributed by atoms with Gasteiger partial charge in [-0.1, -0.05) is 12.1 Å². The molecule has 22 heavy (non-hydrogen) atoms. The molecule has 1 rings (SSSR count). The number of carbonyl (C=O) groups is 2. The Morgan fingerprint density at radius 3 is 2.36 bits per heavy atom. The van der Waals surface area contributed by atoms with E-state index in [1.807, 2.05) is 26.0 Å². The highest BCUT2D eigenvalue weighted by atomic mass is 16.5. The van der Waals surface area contributed by atoms with Gasteiger partial charge >= 0.3 is 5.97 Å². The van der Waals surface area contributed by atoms with Crippen molar-refractivity contribution < 1.29 is 24.2 Å². The van der Waals surface area contributed by atoms with Crippen LogP contribution in [0.1, 0.15) is 29.8 Å². The summed E-state index contributed by atoms with van der Waals surface area (Å²) in [5.41, 5.74) is 1.41. The number of carboxylic acids is 1. The minimum atomic E-state index is -1.05. The average Bonchev–Trinajstić information content (AvgIpc) is 2.48. The van der Waals surface area contributed by atoms with Crippen LogP contribution in [-0.2, 0) is 20.9 Å². The number of benzene rings is 1. The number of carboxylic acid groups (broad SMARTS) is 1. The third-order valence-corrected chi connectivity index (χ3v) is 2.96. The minimum absolute atomic E-state index is 0.140. The van der Waals surface area contributed by atoms with Gasteiger partial charge in [-0.25, -0.2) is 0 Å². The Balaban J connectivity index is 2.74. The number of aliphatic carboxylic acids is 1. The third kappa shape index (κ3) is 6.24. The molecule has 1 N–H and O–H groups in total. The topological polar surface area (TPSA) is 76.1 Å². The van der Waals surface area contributed by atoms with Crippen molar-refractivity contribution in [1.29, 1.82) is 0 Å². The van der Waals surface area contributed by atoms with E-state index in [1.165, 1.54) is 12.0 Å². The van der Waals surface area contributed by atoms with Gasteiger partial charge in [-0.3, -0.25) is 9.59 Å². The summed E-state index contributed by atoms with van der Waals surface area (Å²) in [6.45, 7) is 4.57. The van der Waals surface area contributed by atoms with Gasteiger partial charge in [-0.05, 0) is 31.5 Å². The lowest BCUT2D eigenvalue weighted by molar-refractivity contribution is -0.137. The number of nitrogens with zero attached hydrogens (tertiary/aromatic N) is 1. The second-order valence-corrected chi connectivity index (χ2v) is 5.17. The highest BCUT2D eigenvalue weighted by Crippen LogP contribution is 2.10. The van der Waals surface area contributed by atoms with Gasteiger partial charge in [0.05, 0.1) is 19.3 Å². The van der Waals surface area contributed by atoms with Crippen LogP contribution < -0.4 is 0 Å². The van der Waals surface area contributed by atoms with Crippen molar-refractivity contribution in [3.05, 3.63) is 35.4 Å². The summed E-state index contributed by atoms with van der Waals surface area (Å²) in [7, 11) is 1.51. The molecular formula is C16H23NO5. The van der Waals surface area contributed by atoms with E-state index in [2.05, 4.69) is 0 Å². The number of hydrogen-bond donors (Lipinski definition) is 1. The van der Waals surface area contributed by atoms with E-state index < -0.39 is 5.97 Å². The molecule has 0 fully saturated rings. The maximum Gasteiger partial charge on any atom is 0.323 e. The zero-order chi connectivity index (χ0) is 16.5. The number of methoxy groups -OCH3 is 1. The summed E-state index contributed by atoms with van der Waals surface area (Å²) in [6, 6.07) is 6.99. The molecule has 6 heteroatoms. The second kappa shape index (κ2) is 9.17. The zero-order valence-corrected chi connectivity index (χ0v) is 13.2. The molecule has 1 aromatic carbocycles. The van der Waals surface area contributed by atoms with Crippen molar-refractivity contribution >= 4 is 11.9 Å². The van der Waals surface area contributed by atoms with E-state index >= 15 is 0 Å². The Kier molecular flexibility index (Phi) is 7.56. The molecule has 0 radical (unpaired) electrons. The predicted molar refractivity (Wildman–Crippen MR) is 81.8 cm³/mol. The van der Waals surface area contributed by atoms with Crippen LogP contribution in [0.15, 0.2) is 24.3 Å². The molecule has 0 unspecified atom stereocenters. The van der Waals surface area contributed by atoms with E-state index in [1.54, 1.807) is 12.1 Å². The summed E-state index contributed by atoms with van der Waals surface area (Å²) in [6.07, 6.45) is 0.140. The van der Waals surface area contributed by atoms with Gasteiger partial charge in [0, 0.05) is 19.2 Å². The summed E-state index contributed by atoms with van der Waals surface area (Å²) in [4.78, 5) is 24.5. The fourth-order valence-corrected chi connectivity index (χ4v) is 1.81. The standard InChI is InChI=1S/C16H23NO5/c1-12(2)22-11-13-4-6-14(7-5-13)16(20)17(8-9-21-3)10-15(18)19/h4-7,12H,8-11H2,1-3H3,(H,18,19). The van der Waals surface area contributed by atoms with E-state index in [-0.39, 0.29) is 25.1 Å². The predicted octanol–water partition coefficient (Wildman–Crippen LogP) is 1.78. The van der Waals surface area contributed by atoms with E-state index in [4.69, 9.17) is 14.6 Å². The van der Waals surface area contributed by atoms with Crippen molar-refractivity contribution in [2.45, 2.75) is 26.6 Å². The Bertz CT molecular complexity index is 484. The van der Waals surface area contributed by atoms with E-state index in [0.29, 0.717) is 18.8 Å². The molecule has 1 amide bonds. The largest absolute Gasteiger partial charge is 0.480 e. The van der Waals surface area contributed by atoms with Gasteiger partial charge < -0.3 is 19.5 Å². The summed E-state index contributed by atoms with van der Waals surface area (Å²) in [5.74, 6) is -1.37. The van der Waals surface area contributed by atoms with Crippen LogP contribution in [0.3, 0.4) is 0 Å². The molecule has 0 aliphatic heterocycles. The zero-order valence-electron chi connectivity index (χ0n) is 13.2. The van der Waals surface area contributed by atoms with Crippen molar-refractivity contribution in [1.82, 2.24) is 4.90 Å². The first kappa shape index (κ1) is 18.1. The Labute approximate surface area is 130 Å². The van der Waals surface area contributed by atoms with Crippen molar-refractivity contribution in [3.63, 3.8) is 0 Å². The van der Waals surface area contributed by atoms with Crippen molar-refractivity contribution in [2.24, 2.45) is 0 Å². The number of rotatable bonds is 9. The van der Waals surface area contributed by atoms with Gasteiger partial charge in [0.25, 0.3) is 5.91 Å². The number of hydrogen-bond acceptors (Lipinski definition) is 4. The lowest BCUT2D eigenvalue weighted by atomic mass is 10.1. The first-order chi connectivity index (χ1) is 10.4. The third-order valence-electron chi connectivity index (χ3n) is 2.96. The van der Waals surface area contributed by atoms with Gasteiger partial charge in [0.2, 0.25) is 0 Å². The van der Waals surface area contributed by atoms with Gasteiger partial charge in [-0.15, -0.1) is 0 Å². The highest BCUT2D eigenvalue weighted by Gasteiger charge is 2.18. The molecular weight excluding hydrogens is 286 g/mol. The molecule has 0 spiro atoms. The summed E-state index contributed by atoms with van der Waals surface area (Å²) < 4.78 is 10.4. The quantitative estimate of drug-likeness (QED) is 0.752. The normalized spacial score (nSPS) is 10.7. The molecule has 6 nitrogen and oxygen atoms in total. The Morgan fingerprint density at radius 1 is 1.23 bits per heavy atom. The second-order valence-electron chi connectivity index (χ2n) is 5.17. The Hall–Kier alpha value is -1.92. The first-order valence-electron chi connectivity index (χ1n) is 7.14. The van der Waals surface area contributed by atoms with Crippen LogP contribution in [-0.4, -0.2) is 54.8 Å². The van der Waals surface area contributed by atoms with Gasteiger partial charge in [0.15, 0.2) is 0 Å². The van der Waals surface area contributed by atoms with Crippen LogP contribution in [0.5, 0.6) is 0 Å². The number of ether oxygens (including phenoxy) is 2.